The number of hydrogen-bond donors (Lipinski definition) is 1. The van der Waals surface area contributed by atoms with Crippen molar-refractivity contribution < 1.29 is 37.0 Å². The highest BCUT2D eigenvalue weighted by atomic mass is 19.4. The van der Waals surface area contributed by atoms with Gasteiger partial charge < -0.3 is 14.8 Å². The van der Waals surface area contributed by atoms with E-state index in [0.29, 0.717) is 0 Å². The Balaban J connectivity index is 5.04. The highest BCUT2D eigenvalue weighted by Gasteiger charge is 2.50. The molecular weight excluding hydrogens is 319 g/mol. The number of amides is 1. The fraction of sp³-hybridized carbons (Fsp3) is 0.786. The van der Waals surface area contributed by atoms with E-state index in [1.807, 2.05) is 0 Å². The highest BCUT2D eigenvalue weighted by molar-refractivity contribution is 5.94. The van der Waals surface area contributed by atoms with Crippen molar-refractivity contribution in [2.75, 3.05) is 13.2 Å². The van der Waals surface area contributed by atoms with Gasteiger partial charge in [0.05, 0.1) is 19.6 Å². The van der Waals surface area contributed by atoms with Gasteiger partial charge in [0, 0.05) is 5.41 Å². The van der Waals surface area contributed by atoms with Gasteiger partial charge in [-0.3, -0.25) is 14.4 Å². The predicted molar refractivity (Wildman–Crippen MR) is 74.3 cm³/mol. The molecule has 0 aromatic carbocycles. The number of alkyl halides is 3. The normalized spacial score (nSPS) is 13.2. The number of carbonyl (C=O) groups excluding carboxylic acids is 3. The number of hydrogen-bond acceptors (Lipinski definition) is 5. The Bertz CT molecular complexity index is 435. The zero-order valence-corrected chi connectivity index (χ0v) is 13.6. The Kier molecular flexibility index (Phi) is 8.05. The molecule has 0 bridgehead atoms. The Morgan fingerprint density at radius 3 is 1.91 bits per heavy atom. The number of nitrogens with one attached hydrogen (secondary N) is 1. The molecule has 0 aliphatic carbocycles. The highest BCUT2D eigenvalue weighted by Crippen LogP contribution is 2.36. The Labute approximate surface area is 132 Å². The molecule has 0 radical (unpaired) electrons. The van der Waals surface area contributed by atoms with Gasteiger partial charge in [-0.25, -0.2) is 0 Å². The maximum absolute atomic E-state index is 13.2. The van der Waals surface area contributed by atoms with Crippen molar-refractivity contribution in [2.45, 2.75) is 52.8 Å². The van der Waals surface area contributed by atoms with Gasteiger partial charge in [-0.2, -0.15) is 13.2 Å². The zero-order chi connectivity index (χ0) is 18.3. The van der Waals surface area contributed by atoms with Crippen molar-refractivity contribution in [2.24, 2.45) is 5.41 Å². The van der Waals surface area contributed by atoms with Gasteiger partial charge in [-0.05, 0) is 13.8 Å². The van der Waals surface area contributed by atoms with Crippen molar-refractivity contribution >= 4 is 17.8 Å². The van der Waals surface area contributed by atoms with E-state index in [2.05, 4.69) is 9.47 Å². The van der Waals surface area contributed by atoms with E-state index in [1.54, 1.807) is 5.32 Å². The van der Waals surface area contributed by atoms with E-state index >= 15 is 0 Å². The fourth-order valence-electron chi connectivity index (χ4n) is 1.96. The lowest BCUT2D eigenvalue weighted by Gasteiger charge is -2.35. The summed E-state index contributed by atoms with van der Waals surface area (Å²) in [5.74, 6) is -2.84. The molecule has 6 nitrogen and oxygen atoms in total. The van der Waals surface area contributed by atoms with Gasteiger partial charge in [0.15, 0.2) is 0 Å². The summed E-state index contributed by atoms with van der Waals surface area (Å²) in [4.78, 5) is 34.2. The minimum absolute atomic E-state index is 0.0170. The molecule has 1 N–H and O–H groups in total. The maximum atomic E-state index is 13.2. The Morgan fingerprint density at radius 2 is 1.48 bits per heavy atom. The van der Waals surface area contributed by atoms with Crippen molar-refractivity contribution in [1.29, 1.82) is 0 Å². The first-order valence-corrected chi connectivity index (χ1v) is 7.11. The van der Waals surface area contributed by atoms with Gasteiger partial charge in [-0.1, -0.05) is 13.8 Å². The summed E-state index contributed by atoms with van der Waals surface area (Å²) in [6, 6.07) is -2.30. The van der Waals surface area contributed by atoms with Gasteiger partial charge in [0.1, 0.15) is 12.5 Å². The fourth-order valence-corrected chi connectivity index (χ4v) is 1.96. The van der Waals surface area contributed by atoms with Crippen LogP contribution in [0.3, 0.4) is 0 Å². The second-order valence-electron chi connectivity index (χ2n) is 5.49. The average Bonchev–Trinajstić information content (AvgIpc) is 2.34. The van der Waals surface area contributed by atoms with E-state index in [0.717, 1.165) is 0 Å². The molecule has 1 atom stereocenters. The van der Waals surface area contributed by atoms with Gasteiger partial charge in [-0.15, -0.1) is 0 Å². The summed E-state index contributed by atoms with van der Waals surface area (Å²) < 4.78 is 48.8. The monoisotopic (exact) mass is 341 g/mol. The molecular formula is C14H22F3NO5. The van der Waals surface area contributed by atoms with Gasteiger partial charge in [0.2, 0.25) is 5.91 Å². The van der Waals surface area contributed by atoms with Crippen LogP contribution in [0.25, 0.3) is 0 Å². The smallest absolute Gasteiger partial charge is 0.409 e. The van der Waals surface area contributed by atoms with E-state index in [9.17, 15) is 27.6 Å². The lowest BCUT2D eigenvalue weighted by Crippen LogP contribution is -2.55. The second-order valence-corrected chi connectivity index (χ2v) is 5.49. The zero-order valence-electron chi connectivity index (χ0n) is 13.6. The molecule has 0 rings (SSSR count). The van der Waals surface area contributed by atoms with Crippen LogP contribution in [0.4, 0.5) is 13.2 Å². The summed E-state index contributed by atoms with van der Waals surface area (Å²) in [6.07, 6.45) is -6.15. The summed E-state index contributed by atoms with van der Waals surface area (Å²) in [5, 5.41) is 1.76. The van der Waals surface area contributed by atoms with Crippen LogP contribution in [-0.2, 0) is 23.9 Å². The largest absolute Gasteiger partial charge is 0.466 e. The molecule has 0 aromatic heterocycles. The third-order valence-electron chi connectivity index (χ3n) is 2.93. The van der Waals surface area contributed by atoms with E-state index in [-0.39, 0.29) is 13.2 Å². The maximum Gasteiger partial charge on any atom is 0.409 e. The number of halogens is 3. The molecule has 134 valence electrons. The second kappa shape index (κ2) is 8.73. The van der Waals surface area contributed by atoms with Gasteiger partial charge >= 0.3 is 18.1 Å². The average molecular weight is 341 g/mol. The van der Waals surface area contributed by atoms with Crippen LogP contribution in [0.15, 0.2) is 0 Å². The van der Waals surface area contributed by atoms with E-state index < -0.39 is 48.3 Å². The number of esters is 2. The molecule has 0 aliphatic heterocycles. The topological polar surface area (TPSA) is 81.7 Å². The lowest BCUT2D eigenvalue weighted by molar-refractivity contribution is -0.187. The van der Waals surface area contributed by atoms with Crippen LogP contribution < -0.4 is 5.32 Å². The van der Waals surface area contributed by atoms with E-state index in [1.165, 1.54) is 27.7 Å². The first-order valence-electron chi connectivity index (χ1n) is 7.11. The van der Waals surface area contributed by atoms with Crippen LogP contribution in [0, 0.1) is 5.41 Å². The number of ether oxygens (including phenoxy) is 2. The predicted octanol–water partition coefficient (Wildman–Crippen LogP) is 1.97. The molecule has 9 heteroatoms. The van der Waals surface area contributed by atoms with Crippen LogP contribution in [0.1, 0.15) is 40.5 Å². The minimum Gasteiger partial charge on any atom is -0.466 e. The molecule has 23 heavy (non-hydrogen) atoms. The van der Waals surface area contributed by atoms with Crippen molar-refractivity contribution in [1.82, 2.24) is 5.32 Å². The summed E-state index contributed by atoms with van der Waals surface area (Å²) >= 11 is 0. The van der Waals surface area contributed by atoms with Gasteiger partial charge in [0.25, 0.3) is 0 Å². The molecule has 0 heterocycles. The van der Waals surface area contributed by atoms with Crippen molar-refractivity contribution in [3.63, 3.8) is 0 Å². The van der Waals surface area contributed by atoms with Crippen LogP contribution in [0.5, 0.6) is 0 Å². The van der Waals surface area contributed by atoms with E-state index in [4.69, 9.17) is 0 Å². The third kappa shape index (κ3) is 7.85. The number of carbonyl (C=O) groups is 3. The number of rotatable bonds is 8. The third-order valence-corrected chi connectivity index (χ3v) is 2.93. The standard InChI is InChI=1S/C14H22F3NO5/c1-5-22-10(20)7-9(19)18-12(14(15,16)17)13(3,4)8-11(21)23-6-2/h12H,5-8H2,1-4H3,(H,18,19). The first kappa shape index (κ1) is 21.2. The molecule has 1 amide bonds. The minimum atomic E-state index is -4.79. The molecule has 0 spiro atoms. The summed E-state index contributed by atoms with van der Waals surface area (Å²) in [5.41, 5.74) is -1.64. The molecule has 0 aliphatic rings. The first-order chi connectivity index (χ1) is 10.4. The molecule has 0 aromatic rings. The Morgan fingerprint density at radius 1 is 1.00 bits per heavy atom. The molecule has 0 saturated heterocycles. The summed E-state index contributed by atoms with van der Waals surface area (Å²) in [6.45, 7) is 5.48. The molecule has 1 unspecified atom stereocenters. The van der Waals surface area contributed by atoms with Crippen molar-refractivity contribution in [3.8, 4) is 0 Å². The SMILES string of the molecule is CCOC(=O)CC(=O)NC(C(F)(F)F)C(C)(C)CC(=O)OCC. The van der Waals surface area contributed by atoms with Crippen LogP contribution in [-0.4, -0.2) is 43.3 Å². The quantitative estimate of drug-likeness (QED) is 0.539. The van der Waals surface area contributed by atoms with Crippen molar-refractivity contribution in [3.05, 3.63) is 0 Å². The molecule has 0 saturated carbocycles. The lowest BCUT2D eigenvalue weighted by atomic mass is 9.80. The van der Waals surface area contributed by atoms with Crippen LogP contribution >= 0.6 is 0 Å². The Hall–Kier alpha value is -1.80. The summed E-state index contributed by atoms with van der Waals surface area (Å²) in [7, 11) is 0. The van der Waals surface area contributed by atoms with Crippen LogP contribution in [0.2, 0.25) is 0 Å². The molecule has 0 fully saturated rings.